The summed E-state index contributed by atoms with van der Waals surface area (Å²) in [6.07, 6.45) is 2.28. The van der Waals surface area contributed by atoms with Gasteiger partial charge in [-0.2, -0.15) is 0 Å². The van der Waals surface area contributed by atoms with Gasteiger partial charge in [0.2, 0.25) is 5.91 Å². The maximum atomic E-state index is 12.7. The van der Waals surface area contributed by atoms with Crippen LogP contribution < -0.4 is 15.8 Å². The highest BCUT2D eigenvalue weighted by Gasteiger charge is 2.25. The second-order valence-corrected chi connectivity index (χ2v) is 9.24. The topological polar surface area (TPSA) is 138 Å². The first-order valence-corrected chi connectivity index (χ1v) is 12.2. The van der Waals surface area contributed by atoms with Crippen molar-refractivity contribution in [2.75, 3.05) is 25.3 Å². The summed E-state index contributed by atoms with van der Waals surface area (Å²) >= 11 is 2.13. The number of rotatable bonds is 11. The second kappa shape index (κ2) is 11.7. The quantitative estimate of drug-likeness (QED) is 0.226. The summed E-state index contributed by atoms with van der Waals surface area (Å²) in [7, 11) is 2.84. The summed E-state index contributed by atoms with van der Waals surface area (Å²) in [5.74, 6) is -0.241. The Morgan fingerprint density at radius 2 is 1.94 bits per heavy atom. The number of carbonyl (C=O) groups is 3. The zero-order chi connectivity index (χ0) is 25.5. The van der Waals surface area contributed by atoms with Gasteiger partial charge in [0.1, 0.15) is 16.6 Å². The van der Waals surface area contributed by atoms with Gasteiger partial charge in [0.05, 0.1) is 30.4 Å². The number of ether oxygens (including phenoxy) is 2. The van der Waals surface area contributed by atoms with Gasteiger partial charge < -0.3 is 25.1 Å². The number of hydrogen-bond donors (Lipinski definition) is 2. The molecule has 2 amide bonds. The predicted octanol–water partition coefficient (Wildman–Crippen LogP) is 3.05. The highest BCUT2D eigenvalue weighted by Crippen LogP contribution is 2.33. The lowest BCUT2D eigenvalue weighted by atomic mass is 10.1. The number of anilines is 1. The van der Waals surface area contributed by atoms with E-state index < -0.39 is 11.9 Å². The van der Waals surface area contributed by atoms with Crippen LogP contribution in [0.4, 0.5) is 5.00 Å². The summed E-state index contributed by atoms with van der Waals surface area (Å²) in [4.78, 5) is 36.8. The van der Waals surface area contributed by atoms with Crippen molar-refractivity contribution in [1.82, 2.24) is 14.8 Å². The van der Waals surface area contributed by atoms with Crippen molar-refractivity contribution < 1.29 is 23.9 Å². The fraction of sp³-hybridized carbons (Fsp3) is 0.261. The van der Waals surface area contributed by atoms with Crippen LogP contribution in [-0.2, 0) is 22.5 Å². The summed E-state index contributed by atoms with van der Waals surface area (Å²) in [6.45, 7) is 5.85. The Labute approximate surface area is 210 Å². The molecule has 184 valence electrons. The molecule has 0 aliphatic rings. The fourth-order valence-corrected chi connectivity index (χ4v) is 5.10. The van der Waals surface area contributed by atoms with Crippen molar-refractivity contribution in [1.29, 1.82) is 0 Å². The maximum absolute atomic E-state index is 12.7. The van der Waals surface area contributed by atoms with E-state index in [-0.39, 0.29) is 27.1 Å². The molecule has 10 nitrogen and oxygen atoms in total. The molecule has 0 radical (unpaired) electrons. The van der Waals surface area contributed by atoms with Crippen LogP contribution in [0.15, 0.2) is 42.1 Å². The van der Waals surface area contributed by atoms with Crippen LogP contribution in [0.5, 0.6) is 5.75 Å². The van der Waals surface area contributed by atoms with E-state index in [0.717, 1.165) is 28.5 Å². The molecule has 0 aliphatic carbocycles. The zero-order valence-electron chi connectivity index (χ0n) is 19.5. The van der Waals surface area contributed by atoms with Gasteiger partial charge in [-0.25, -0.2) is 4.79 Å². The average Bonchev–Trinajstić information content (AvgIpc) is 3.38. The van der Waals surface area contributed by atoms with Crippen LogP contribution in [0.2, 0.25) is 0 Å². The molecule has 3 rings (SSSR count). The Morgan fingerprint density at radius 3 is 2.54 bits per heavy atom. The second-order valence-electron chi connectivity index (χ2n) is 7.28. The number of nitrogens with two attached hydrogens (primary N) is 1. The zero-order valence-corrected chi connectivity index (χ0v) is 21.1. The highest BCUT2D eigenvalue weighted by atomic mass is 32.2. The van der Waals surface area contributed by atoms with E-state index in [1.165, 1.54) is 18.9 Å². The number of nitrogens with zero attached hydrogens (tertiary/aromatic N) is 3. The van der Waals surface area contributed by atoms with Gasteiger partial charge >= 0.3 is 5.97 Å². The molecular weight excluding hydrogens is 490 g/mol. The molecular formula is C23H25N5O5S2. The minimum atomic E-state index is -0.686. The minimum absolute atomic E-state index is 0.00127. The standard InChI is InChI=1S/C23H25N5O5S2/c1-5-10-28-16(11-14-6-8-15(32-3)9-7-14)26-27-23(28)34-12-17(29)25-21-18(22(31)33-4)13(2)19(35-21)20(24)30/h5-9H,1,10-12H2,2-4H3,(H2,24,30)(H,25,29). The third-order valence-electron chi connectivity index (χ3n) is 4.97. The summed E-state index contributed by atoms with van der Waals surface area (Å²) in [5.41, 5.74) is 6.90. The average molecular weight is 516 g/mol. The van der Waals surface area contributed by atoms with Crippen LogP contribution in [0, 0.1) is 6.92 Å². The van der Waals surface area contributed by atoms with Crippen LogP contribution in [0.1, 0.15) is 37.0 Å². The summed E-state index contributed by atoms with van der Waals surface area (Å²) < 4.78 is 11.9. The number of benzene rings is 1. The van der Waals surface area contributed by atoms with Gasteiger partial charge in [-0.1, -0.05) is 30.0 Å². The number of thiophene rings is 1. The number of primary amides is 1. The first kappa shape index (κ1) is 26.0. The van der Waals surface area contributed by atoms with Gasteiger partial charge in [0.25, 0.3) is 5.91 Å². The smallest absolute Gasteiger partial charge is 0.341 e. The molecule has 0 bridgehead atoms. The Balaban J connectivity index is 1.73. The fourth-order valence-electron chi connectivity index (χ4n) is 3.27. The van der Waals surface area contributed by atoms with Crippen LogP contribution in [0.25, 0.3) is 0 Å². The molecule has 3 aromatic rings. The third-order valence-corrected chi connectivity index (χ3v) is 7.16. The molecule has 35 heavy (non-hydrogen) atoms. The molecule has 0 atom stereocenters. The lowest BCUT2D eigenvalue weighted by Gasteiger charge is -2.09. The Kier molecular flexibility index (Phi) is 8.66. The molecule has 0 saturated heterocycles. The Bertz CT molecular complexity index is 1250. The number of nitrogens with one attached hydrogen (secondary N) is 1. The largest absolute Gasteiger partial charge is 0.497 e. The van der Waals surface area contributed by atoms with Crippen LogP contribution in [-0.4, -0.2) is 52.5 Å². The molecule has 3 N–H and O–H groups in total. The number of amides is 2. The van der Waals surface area contributed by atoms with Crippen molar-refractivity contribution in [3.63, 3.8) is 0 Å². The van der Waals surface area contributed by atoms with Crippen LogP contribution >= 0.6 is 23.1 Å². The van der Waals surface area contributed by atoms with E-state index in [0.29, 0.717) is 23.7 Å². The maximum Gasteiger partial charge on any atom is 0.341 e. The number of esters is 1. The molecule has 2 aromatic heterocycles. The van der Waals surface area contributed by atoms with E-state index >= 15 is 0 Å². The monoisotopic (exact) mass is 515 g/mol. The van der Waals surface area contributed by atoms with E-state index in [1.807, 2.05) is 28.8 Å². The van der Waals surface area contributed by atoms with E-state index in [1.54, 1.807) is 20.1 Å². The SMILES string of the molecule is C=CCn1c(Cc2ccc(OC)cc2)nnc1SCC(=O)Nc1sc(C(N)=O)c(C)c1C(=O)OC. The number of hydrogen-bond acceptors (Lipinski definition) is 9. The highest BCUT2D eigenvalue weighted by molar-refractivity contribution is 7.99. The Morgan fingerprint density at radius 1 is 1.23 bits per heavy atom. The lowest BCUT2D eigenvalue weighted by molar-refractivity contribution is -0.113. The van der Waals surface area contributed by atoms with Gasteiger partial charge in [0, 0.05) is 13.0 Å². The third kappa shape index (κ3) is 6.08. The van der Waals surface area contributed by atoms with Crippen molar-refractivity contribution in [3.8, 4) is 5.75 Å². The van der Waals surface area contributed by atoms with Gasteiger partial charge in [-0.05, 0) is 30.2 Å². The number of aromatic nitrogens is 3. The normalized spacial score (nSPS) is 10.6. The summed E-state index contributed by atoms with van der Waals surface area (Å²) in [6, 6.07) is 7.66. The number of thioether (sulfide) groups is 1. The van der Waals surface area contributed by atoms with Crippen molar-refractivity contribution in [2.45, 2.75) is 25.0 Å². The number of carbonyl (C=O) groups excluding carboxylic acids is 3. The first-order valence-electron chi connectivity index (χ1n) is 10.4. The molecule has 0 unspecified atom stereocenters. The molecule has 0 aliphatic heterocycles. The van der Waals surface area contributed by atoms with E-state index in [4.69, 9.17) is 15.2 Å². The van der Waals surface area contributed by atoms with E-state index in [9.17, 15) is 14.4 Å². The molecule has 1 aromatic carbocycles. The Hall–Kier alpha value is -3.64. The van der Waals surface area contributed by atoms with Crippen molar-refractivity contribution >= 4 is 45.9 Å². The number of allylic oxidation sites excluding steroid dienone is 1. The van der Waals surface area contributed by atoms with Gasteiger partial charge in [-0.3, -0.25) is 9.59 Å². The lowest BCUT2D eigenvalue weighted by Crippen LogP contribution is -2.16. The minimum Gasteiger partial charge on any atom is -0.497 e. The number of methoxy groups -OCH3 is 2. The predicted molar refractivity (Wildman–Crippen MR) is 134 cm³/mol. The molecule has 0 fully saturated rings. The summed E-state index contributed by atoms with van der Waals surface area (Å²) in [5, 5.41) is 12.0. The molecule has 12 heteroatoms. The van der Waals surface area contributed by atoms with Gasteiger partial charge in [-0.15, -0.1) is 28.1 Å². The molecule has 0 spiro atoms. The van der Waals surface area contributed by atoms with E-state index in [2.05, 4.69) is 22.1 Å². The first-order chi connectivity index (χ1) is 16.8. The molecule has 0 saturated carbocycles. The van der Waals surface area contributed by atoms with Crippen LogP contribution in [0.3, 0.4) is 0 Å². The van der Waals surface area contributed by atoms with Crippen molar-refractivity contribution in [2.24, 2.45) is 5.73 Å². The molecule has 2 heterocycles. The van der Waals surface area contributed by atoms with Gasteiger partial charge in [0.15, 0.2) is 5.16 Å². The van der Waals surface area contributed by atoms with Crippen molar-refractivity contribution in [3.05, 3.63) is 64.3 Å².